The zero-order chi connectivity index (χ0) is 29.4. The second-order valence-electron chi connectivity index (χ2n) is 13.1. The van der Waals surface area contributed by atoms with E-state index in [0.29, 0.717) is 39.6 Å². The molecule has 2 saturated carbocycles. The third kappa shape index (κ3) is 4.90. The van der Waals surface area contributed by atoms with Gasteiger partial charge in [-0.3, -0.25) is 18.9 Å². The highest BCUT2D eigenvalue weighted by Gasteiger charge is 2.55. The van der Waals surface area contributed by atoms with E-state index < -0.39 is 31.5 Å². The van der Waals surface area contributed by atoms with Crippen molar-refractivity contribution in [1.29, 1.82) is 0 Å². The number of rotatable bonds is 5. The average Bonchev–Trinajstić information content (AvgIpc) is 3.32. The molecule has 6 atom stereocenters. The van der Waals surface area contributed by atoms with Crippen LogP contribution in [0.1, 0.15) is 91.8 Å². The van der Waals surface area contributed by atoms with Gasteiger partial charge < -0.3 is 24.9 Å². The summed E-state index contributed by atoms with van der Waals surface area (Å²) in [5.41, 5.74) is -0.174. The van der Waals surface area contributed by atoms with Crippen LogP contribution in [0.5, 0.6) is 0 Å². The number of fused-ring (bicyclic) bond motifs is 3. The molecule has 9 nitrogen and oxygen atoms in total. The lowest BCUT2D eigenvalue weighted by atomic mass is 9.72. The number of carbonyl (C=O) groups excluding carboxylic acids is 3. The normalized spacial score (nSPS) is 31.1. The van der Waals surface area contributed by atoms with Gasteiger partial charge in [0.2, 0.25) is 17.7 Å². The summed E-state index contributed by atoms with van der Waals surface area (Å²) in [5, 5.41) is 3.48. The summed E-state index contributed by atoms with van der Waals surface area (Å²) < 4.78 is 26.3. The van der Waals surface area contributed by atoms with Gasteiger partial charge >= 0.3 is 7.60 Å². The summed E-state index contributed by atoms with van der Waals surface area (Å²) in [7, 11) is -4.96. The maximum atomic E-state index is 14.3. The van der Waals surface area contributed by atoms with Crippen LogP contribution in [0.4, 0.5) is 4.39 Å². The summed E-state index contributed by atoms with van der Waals surface area (Å²) in [6.07, 6.45) is 10.7. The van der Waals surface area contributed by atoms with Gasteiger partial charge in [-0.25, -0.2) is 4.39 Å². The summed E-state index contributed by atoms with van der Waals surface area (Å²) in [6.45, 7) is 0.762. The lowest BCUT2D eigenvalue weighted by Gasteiger charge is -2.56. The molecule has 3 saturated heterocycles. The van der Waals surface area contributed by atoms with E-state index in [1.165, 1.54) is 29.9 Å². The minimum Gasteiger partial charge on any atom is -0.340 e. The van der Waals surface area contributed by atoms with Crippen LogP contribution < -0.4 is 5.32 Å². The van der Waals surface area contributed by atoms with Crippen molar-refractivity contribution >= 4 is 46.7 Å². The summed E-state index contributed by atoms with van der Waals surface area (Å²) in [6, 6.07) is 4.60. The van der Waals surface area contributed by atoms with Gasteiger partial charge in [0.1, 0.15) is 12.1 Å². The van der Waals surface area contributed by atoms with Gasteiger partial charge in [0.15, 0.2) is 0 Å². The smallest absolute Gasteiger partial charge is 0.340 e. The third-order valence-corrected chi connectivity index (χ3v) is 12.6. The third-order valence-electron chi connectivity index (χ3n) is 10.6. The van der Waals surface area contributed by atoms with Crippen molar-refractivity contribution in [2.24, 2.45) is 11.8 Å². The number of halogens is 1. The van der Waals surface area contributed by atoms with Crippen molar-refractivity contribution in [3.8, 4) is 0 Å². The highest BCUT2D eigenvalue weighted by Crippen LogP contribution is 2.53. The number of nitrogens with one attached hydrogen (secondary N) is 1. The Morgan fingerprint density at radius 3 is 2.52 bits per heavy atom. The number of amides is 3. The zero-order valence-corrected chi connectivity index (χ0v) is 25.1. The Kier molecular flexibility index (Phi) is 7.04. The number of benzene rings is 1. The number of carbonyl (C=O) groups is 3. The number of thiophene rings is 1. The molecule has 42 heavy (non-hydrogen) atoms. The van der Waals surface area contributed by atoms with E-state index >= 15 is 0 Å². The number of alkyl halides is 1. The van der Waals surface area contributed by atoms with E-state index in [1.807, 2.05) is 4.90 Å². The molecule has 12 heteroatoms. The Hall–Kier alpha value is -2.33. The number of hydrogen-bond donors (Lipinski definition) is 3. The Labute approximate surface area is 248 Å². The lowest BCUT2D eigenvalue weighted by molar-refractivity contribution is -0.160. The van der Waals surface area contributed by atoms with Crippen LogP contribution >= 0.6 is 18.9 Å². The molecular weight excluding hydrogens is 580 g/mol. The van der Waals surface area contributed by atoms with Crippen LogP contribution in [0.3, 0.4) is 0 Å². The summed E-state index contributed by atoms with van der Waals surface area (Å²) >= 11 is 1.18. The molecule has 5 fully saturated rings. The number of likely N-dealkylation sites (tertiary alicyclic amines) is 1. The van der Waals surface area contributed by atoms with Crippen LogP contribution in [-0.2, 0) is 14.2 Å². The molecule has 3 aliphatic heterocycles. The SMILES string of the molecule is O=C(N[C@H]1C[C@@H]2C[C@@H]2C[C@H]2CC[C@@H](C(=O)N3CCC34CCCCC4)N2C1=O)c1cc2cc(C(F)P(=O)(O)O)ccc2s1. The molecule has 1 spiro atoms. The Morgan fingerprint density at radius 2 is 1.81 bits per heavy atom. The van der Waals surface area contributed by atoms with E-state index in [9.17, 15) is 33.1 Å². The Bertz CT molecular complexity index is 1490. The first kappa shape index (κ1) is 28.4. The van der Waals surface area contributed by atoms with Crippen molar-refractivity contribution in [2.75, 3.05) is 6.54 Å². The van der Waals surface area contributed by atoms with Crippen LogP contribution in [0, 0.1) is 11.8 Å². The molecule has 1 aromatic heterocycles. The van der Waals surface area contributed by atoms with Gasteiger partial charge in [-0.05, 0) is 92.4 Å². The second kappa shape index (κ2) is 10.4. The first-order chi connectivity index (χ1) is 20.0. The first-order valence-corrected chi connectivity index (χ1v) is 17.7. The van der Waals surface area contributed by atoms with Crippen molar-refractivity contribution in [3.63, 3.8) is 0 Å². The molecule has 1 aromatic carbocycles. The van der Waals surface area contributed by atoms with E-state index in [-0.39, 0.29) is 29.0 Å². The molecule has 3 N–H and O–H groups in total. The fourth-order valence-electron chi connectivity index (χ4n) is 8.17. The van der Waals surface area contributed by atoms with Crippen LogP contribution in [0.2, 0.25) is 0 Å². The quantitative estimate of drug-likeness (QED) is 0.411. The average molecular weight is 618 g/mol. The van der Waals surface area contributed by atoms with Crippen molar-refractivity contribution < 1.29 is 33.1 Å². The van der Waals surface area contributed by atoms with Crippen LogP contribution in [0.15, 0.2) is 24.3 Å². The van der Waals surface area contributed by atoms with E-state index in [4.69, 9.17) is 0 Å². The van der Waals surface area contributed by atoms with Gasteiger partial charge in [-0.1, -0.05) is 25.3 Å². The van der Waals surface area contributed by atoms with Crippen LogP contribution in [0.25, 0.3) is 10.1 Å². The Balaban J connectivity index is 1.10. The fourth-order valence-corrected chi connectivity index (χ4v) is 9.67. The molecule has 3 amide bonds. The van der Waals surface area contributed by atoms with Crippen molar-refractivity contribution in [1.82, 2.24) is 15.1 Å². The minimum atomic E-state index is -4.96. The molecule has 7 rings (SSSR count). The highest BCUT2D eigenvalue weighted by molar-refractivity contribution is 7.51. The van der Waals surface area contributed by atoms with E-state index in [1.54, 1.807) is 12.1 Å². The predicted molar refractivity (Wildman–Crippen MR) is 156 cm³/mol. The minimum absolute atomic E-state index is 0.0233. The molecule has 226 valence electrons. The van der Waals surface area contributed by atoms with Gasteiger partial charge in [-0.2, -0.15) is 0 Å². The van der Waals surface area contributed by atoms with Crippen LogP contribution in [-0.4, -0.2) is 67.5 Å². The molecular formula is C30H37FN3O6PS. The predicted octanol–water partition coefficient (Wildman–Crippen LogP) is 4.87. The van der Waals surface area contributed by atoms with Gasteiger partial charge in [0.25, 0.3) is 5.91 Å². The maximum absolute atomic E-state index is 14.3. The lowest BCUT2D eigenvalue weighted by Crippen LogP contribution is -2.67. The van der Waals surface area contributed by atoms with Gasteiger partial charge in [0, 0.05) is 22.8 Å². The summed E-state index contributed by atoms with van der Waals surface area (Å²) in [5.74, 6) is -2.04. The molecule has 2 aliphatic carbocycles. The molecule has 4 heterocycles. The standard InChI is InChI=1S/C30H37FN3O6PS/c31-26(41(38,39)40)17-4-7-24-20(12-17)16-25(42-24)27(35)32-22-15-19-13-18(19)14-21-5-6-23(34(21)28(22)36)29(37)33-11-10-30(33)8-2-1-3-9-30/h4,7,12,16,18-19,21-23,26H,1-3,5-6,8-11,13-15H2,(H,32,35)(H2,38,39,40)/t18-,19+,21-,22+,23+,26?/m1/s1. The molecule has 2 aromatic rings. The molecule has 0 radical (unpaired) electrons. The van der Waals surface area contributed by atoms with Gasteiger partial charge in [-0.15, -0.1) is 11.3 Å². The van der Waals surface area contributed by atoms with E-state index in [2.05, 4.69) is 10.2 Å². The van der Waals surface area contributed by atoms with E-state index in [0.717, 1.165) is 57.9 Å². The molecule has 5 aliphatic rings. The largest absolute Gasteiger partial charge is 0.363 e. The monoisotopic (exact) mass is 617 g/mol. The topological polar surface area (TPSA) is 127 Å². The molecule has 1 unspecified atom stereocenters. The molecule has 0 bridgehead atoms. The first-order valence-electron chi connectivity index (χ1n) is 15.2. The number of nitrogens with zero attached hydrogens (tertiary/aromatic N) is 2. The fraction of sp³-hybridized carbons (Fsp3) is 0.633. The maximum Gasteiger partial charge on any atom is 0.363 e. The highest BCUT2D eigenvalue weighted by atomic mass is 32.1. The zero-order valence-electron chi connectivity index (χ0n) is 23.4. The summed E-state index contributed by atoms with van der Waals surface area (Å²) in [4.78, 5) is 64.2. The number of hydrogen-bond acceptors (Lipinski definition) is 5. The van der Waals surface area contributed by atoms with Gasteiger partial charge in [0.05, 0.1) is 4.88 Å². The van der Waals surface area contributed by atoms with Crippen molar-refractivity contribution in [2.45, 2.75) is 100 Å². The second-order valence-corrected chi connectivity index (χ2v) is 15.8. The Morgan fingerprint density at radius 1 is 1.05 bits per heavy atom. The van der Waals surface area contributed by atoms with Crippen molar-refractivity contribution in [3.05, 3.63) is 34.7 Å².